The highest BCUT2D eigenvalue weighted by molar-refractivity contribution is 7.99. The van der Waals surface area contributed by atoms with Crippen LogP contribution in [0.5, 0.6) is 28.9 Å². The molecule has 2 aliphatic rings. The van der Waals surface area contributed by atoms with E-state index in [-0.39, 0.29) is 25.3 Å². The van der Waals surface area contributed by atoms with Gasteiger partial charge in [-0.1, -0.05) is 47.1 Å². The lowest BCUT2D eigenvalue weighted by Crippen LogP contribution is -2.50. The number of pyridine rings is 1. The second-order valence-electron chi connectivity index (χ2n) is 11.0. The second kappa shape index (κ2) is 14.8. The molecule has 0 aliphatic carbocycles. The minimum absolute atomic E-state index is 0.0741. The molecule has 0 saturated carbocycles. The summed E-state index contributed by atoms with van der Waals surface area (Å²) >= 11 is 13.7. The average molecular weight is 682 g/mol. The van der Waals surface area contributed by atoms with Crippen molar-refractivity contribution < 1.29 is 23.7 Å². The molecule has 1 aromatic heterocycles. The molecule has 0 spiro atoms. The Balaban J connectivity index is 0.971. The Hall–Kier alpha value is -3.67. The van der Waals surface area contributed by atoms with Crippen LogP contribution in [-0.4, -0.2) is 67.3 Å². The Morgan fingerprint density at radius 2 is 1.74 bits per heavy atom. The van der Waals surface area contributed by atoms with Gasteiger partial charge in [-0.3, -0.25) is 9.69 Å². The fourth-order valence-electron chi connectivity index (χ4n) is 5.24. The zero-order valence-electron chi connectivity index (χ0n) is 25.5. The Morgan fingerprint density at radius 3 is 2.50 bits per heavy atom. The van der Waals surface area contributed by atoms with Crippen LogP contribution in [0.15, 0.2) is 82.7 Å². The lowest BCUT2D eigenvalue weighted by atomic mass is 10.1. The number of rotatable bonds is 11. The van der Waals surface area contributed by atoms with Crippen LogP contribution in [0.25, 0.3) is 0 Å². The van der Waals surface area contributed by atoms with Crippen LogP contribution < -0.4 is 24.3 Å². The summed E-state index contributed by atoms with van der Waals surface area (Å²) in [5.74, 6) is 3.24. The van der Waals surface area contributed by atoms with Gasteiger partial charge in [-0.2, -0.15) is 0 Å². The monoisotopic (exact) mass is 680 g/mol. The second-order valence-corrected chi connectivity index (χ2v) is 12.9. The molecule has 3 heterocycles. The van der Waals surface area contributed by atoms with Gasteiger partial charge >= 0.3 is 0 Å². The number of hydrogen-bond acceptors (Lipinski definition) is 9. The van der Waals surface area contributed by atoms with Crippen LogP contribution in [0, 0.1) is 0 Å². The van der Waals surface area contributed by atoms with Crippen molar-refractivity contribution in [1.82, 2.24) is 20.1 Å². The van der Waals surface area contributed by atoms with Crippen molar-refractivity contribution in [3.63, 3.8) is 0 Å². The van der Waals surface area contributed by atoms with Gasteiger partial charge in [0.1, 0.15) is 0 Å². The molecule has 3 aromatic carbocycles. The summed E-state index contributed by atoms with van der Waals surface area (Å²) in [5.41, 5.74) is 2.16. The van der Waals surface area contributed by atoms with E-state index in [1.54, 1.807) is 25.4 Å². The number of piperazine rings is 1. The smallest absolute Gasteiger partial charge is 0.236 e. The van der Waals surface area contributed by atoms with Crippen LogP contribution >= 0.6 is 35.0 Å². The molecule has 0 radical (unpaired) electrons. The maximum atomic E-state index is 13.0. The summed E-state index contributed by atoms with van der Waals surface area (Å²) in [6, 6.07) is 21.0. The van der Waals surface area contributed by atoms with Gasteiger partial charge < -0.3 is 29.2 Å². The zero-order chi connectivity index (χ0) is 32.0. The molecule has 12 heteroatoms. The fourth-order valence-corrected chi connectivity index (χ4v) is 6.43. The molecule has 1 atom stereocenters. The van der Waals surface area contributed by atoms with E-state index in [1.165, 1.54) is 17.3 Å². The summed E-state index contributed by atoms with van der Waals surface area (Å²) in [6.07, 6.45) is 1.74. The molecule has 1 N–H and O–H groups in total. The number of fused-ring (bicyclic) bond motifs is 1. The average Bonchev–Trinajstić information content (AvgIpc) is 3.55. The van der Waals surface area contributed by atoms with E-state index in [2.05, 4.69) is 21.3 Å². The fraction of sp³-hybridized carbons (Fsp3) is 0.294. The Labute approximate surface area is 282 Å². The van der Waals surface area contributed by atoms with Crippen LogP contribution in [0.1, 0.15) is 24.1 Å². The van der Waals surface area contributed by atoms with Gasteiger partial charge in [0.05, 0.1) is 23.7 Å². The number of aromatic nitrogens is 1. The molecule has 46 heavy (non-hydrogen) atoms. The number of amides is 1. The molecule has 1 fully saturated rings. The highest BCUT2D eigenvalue weighted by Crippen LogP contribution is 2.36. The van der Waals surface area contributed by atoms with E-state index in [9.17, 15) is 4.79 Å². The predicted octanol–water partition coefficient (Wildman–Crippen LogP) is 7.06. The van der Waals surface area contributed by atoms with E-state index in [0.29, 0.717) is 40.5 Å². The van der Waals surface area contributed by atoms with Crippen molar-refractivity contribution in [2.24, 2.45) is 0 Å². The zero-order valence-corrected chi connectivity index (χ0v) is 27.8. The molecule has 0 bridgehead atoms. The largest absolute Gasteiger partial charge is 0.493 e. The maximum Gasteiger partial charge on any atom is 0.236 e. The lowest BCUT2D eigenvalue weighted by Gasteiger charge is -2.35. The van der Waals surface area contributed by atoms with Crippen molar-refractivity contribution >= 4 is 40.9 Å². The Morgan fingerprint density at radius 1 is 0.935 bits per heavy atom. The van der Waals surface area contributed by atoms with E-state index >= 15 is 0 Å². The highest BCUT2D eigenvalue weighted by Gasteiger charge is 2.23. The first-order valence-electron chi connectivity index (χ1n) is 14.9. The van der Waals surface area contributed by atoms with Gasteiger partial charge in [-0.25, -0.2) is 4.98 Å². The Bertz CT molecular complexity index is 1690. The normalized spacial score (nSPS) is 15.1. The SMILES string of the molecule is COc1cc(C(C)NCC(=O)N2CCN(Cc3ccc4c(c3)OCO4)CC2)ccc1Oc1ccc(Sc2ccc(Cl)c(Cl)c2)cn1. The van der Waals surface area contributed by atoms with Crippen molar-refractivity contribution in [2.45, 2.75) is 29.3 Å². The first kappa shape index (κ1) is 32.3. The molecular formula is C34H34Cl2N4O5S. The number of halogens is 2. The van der Waals surface area contributed by atoms with E-state index in [4.69, 9.17) is 42.1 Å². The highest BCUT2D eigenvalue weighted by atomic mass is 35.5. The third-order valence-corrected chi connectivity index (χ3v) is 9.57. The number of nitrogens with zero attached hydrogens (tertiary/aromatic N) is 3. The van der Waals surface area contributed by atoms with E-state index in [1.807, 2.05) is 60.4 Å². The number of hydrogen-bond donors (Lipinski definition) is 1. The number of nitrogens with one attached hydrogen (secondary N) is 1. The van der Waals surface area contributed by atoms with Crippen molar-refractivity contribution in [3.05, 3.63) is 94.1 Å². The van der Waals surface area contributed by atoms with Crippen LogP contribution in [0.3, 0.4) is 0 Å². The number of methoxy groups -OCH3 is 1. The minimum Gasteiger partial charge on any atom is -0.493 e. The topological polar surface area (TPSA) is 85.4 Å². The summed E-state index contributed by atoms with van der Waals surface area (Å²) in [6.45, 7) is 6.40. The third-order valence-electron chi connectivity index (χ3n) is 7.87. The molecule has 2 aliphatic heterocycles. The number of carbonyl (C=O) groups excluding carboxylic acids is 1. The predicted molar refractivity (Wildman–Crippen MR) is 179 cm³/mol. The van der Waals surface area contributed by atoms with Gasteiger partial charge in [0.2, 0.25) is 18.6 Å². The molecule has 1 amide bonds. The Kier molecular flexibility index (Phi) is 10.4. The van der Waals surface area contributed by atoms with Gasteiger partial charge in [0.25, 0.3) is 0 Å². The lowest BCUT2D eigenvalue weighted by molar-refractivity contribution is -0.132. The maximum absolute atomic E-state index is 13.0. The molecule has 1 unspecified atom stereocenters. The van der Waals surface area contributed by atoms with Gasteiger partial charge in [-0.05, 0) is 66.6 Å². The van der Waals surface area contributed by atoms with Crippen LogP contribution in [0.4, 0.5) is 0 Å². The van der Waals surface area contributed by atoms with Gasteiger partial charge in [0, 0.05) is 60.8 Å². The molecule has 6 rings (SSSR count). The van der Waals surface area contributed by atoms with Gasteiger partial charge in [0.15, 0.2) is 23.0 Å². The van der Waals surface area contributed by atoms with Crippen molar-refractivity contribution in [2.75, 3.05) is 46.6 Å². The van der Waals surface area contributed by atoms with E-state index < -0.39 is 0 Å². The minimum atomic E-state index is -0.0741. The first-order chi connectivity index (χ1) is 22.3. The van der Waals surface area contributed by atoms with Crippen LogP contribution in [0.2, 0.25) is 10.0 Å². The standard InChI is InChI=1S/C34H34Cl2N4O5S/c1-22(37-19-34(41)40-13-11-39(12-14-40)20-23-3-8-29-32(15-23)44-21-43-29)24-4-9-30(31(16-24)42-2)45-33-10-6-26(18-38-33)46-25-5-7-27(35)28(36)17-25/h3-10,15-18,22,37H,11-14,19-21H2,1-2H3. The first-order valence-corrected chi connectivity index (χ1v) is 16.5. The summed E-state index contributed by atoms with van der Waals surface area (Å²) < 4.78 is 22.6. The van der Waals surface area contributed by atoms with Crippen molar-refractivity contribution in [3.8, 4) is 28.9 Å². The third kappa shape index (κ3) is 8.00. The number of carbonyl (C=O) groups is 1. The summed E-state index contributed by atoms with van der Waals surface area (Å²) in [7, 11) is 1.60. The molecule has 4 aromatic rings. The molecule has 240 valence electrons. The molecule has 1 saturated heterocycles. The molecular weight excluding hydrogens is 647 g/mol. The summed E-state index contributed by atoms with van der Waals surface area (Å²) in [5, 5.41) is 4.40. The summed E-state index contributed by atoms with van der Waals surface area (Å²) in [4.78, 5) is 23.6. The molecule has 9 nitrogen and oxygen atoms in total. The van der Waals surface area contributed by atoms with Crippen molar-refractivity contribution in [1.29, 1.82) is 0 Å². The van der Waals surface area contributed by atoms with Crippen LogP contribution in [-0.2, 0) is 11.3 Å². The van der Waals surface area contributed by atoms with Gasteiger partial charge in [-0.15, -0.1) is 0 Å². The number of benzene rings is 3. The quantitative estimate of drug-likeness (QED) is 0.179. The van der Waals surface area contributed by atoms with E-state index in [0.717, 1.165) is 46.5 Å². The number of ether oxygens (including phenoxy) is 4.